The van der Waals surface area contributed by atoms with E-state index in [1.54, 1.807) is 0 Å². The molecule has 9 heteroatoms. The maximum absolute atomic E-state index is 13.7. The molecule has 0 heterocycles. The van der Waals surface area contributed by atoms with Crippen molar-refractivity contribution in [3.05, 3.63) is 34.1 Å². The van der Waals surface area contributed by atoms with E-state index in [0.717, 1.165) is 12.1 Å². The number of rotatable bonds is 8. The zero-order valence-electron chi connectivity index (χ0n) is 11.5. The van der Waals surface area contributed by atoms with Crippen molar-refractivity contribution in [1.29, 1.82) is 0 Å². The molecule has 0 aromatic heterocycles. The number of hydrogen-bond acceptors (Lipinski definition) is 5. The van der Waals surface area contributed by atoms with Crippen LogP contribution in [0.15, 0.2) is 23.1 Å². The van der Waals surface area contributed by atoms with E-state index in [2.05, 4.69) is 4.72 Å². The lowest BCUT2D eigenvalue weighted by molar-refractivity contribution is -0.385. The van der Waals surface area contributed by atoms with Crippen molar-refractivity contribution in [2.75, 3.05) is 13.2 Å². The predicted molar refractivity (Wildman–Crippen MR) is 73.7 cm³/mol. The first-order chi connectivity index (χ1) is 9.81. The Balaban J connectivity index is 2.90. The SMILES string of the molecule is CCC(CCO)CNS(=O)(=O)c1ccc([N+](=O)[O-])cc1F. The molecule has 0 spiro atoms. The van der Waals surface area contributed by atoms with Crippen LogP contribution in [0.4, 0.5) is 10.1 Å². The van der Waals surface area contributed by atoms with Gasteiger partial charge in [-0.15, -0.1) is 0 Å². The van der Waals surface area contributed by atoms with Crippen LogP contribution in [-0.2, 0) is 10.0 Å². The molecule has 1 atom stereocenters. The van der Waals surface area contributed by atoms with Crippen LogP contribution in [-0.4, -0.2) is 31.6 Å². The van der Waals surface area contributed by atoms with E-state index >= 15 is 0 Å². The third-order valence-electron chi connectivity index (χ3n) is 3.09. The fourth-order valence-electron chi connectivity index (χ4n) is 1.76. The normalized spacial score (nSPS) is 13.1. The molecule has 1 aromatic carbocycles. The summed E-state index contributed by atoms with van der Waals surface area (Å²) in [6.07, 6.45) is 1.09. The molecule has 0 amide bonds. The highest BCUT2D eigenvalue weighted by Gasteiger charge is 2.22. The van der Waals surface area contributed by atoms with Crippen LogP contribution in [0.1, 0.15) is 19.8 Å². The number of halogens is 1. The van der Waals surface area contributed by atoms with Gasteiger partial charge in [-0.05, 0) is 18.4 Å². The maximum atomic E-state index is 13.7. The number of nitro groups is 1. The van der Waals surface area contributed by atoms with E-state index in [1.165, 1.54) is 0 Å². The van der Waals surface area contributed by atoms with Gasteiger partial charge in [-0.2, -0.15) is 0 Å². The number of benzene rings is 1. The molecule has 0 saturated heterocycles. The highest BCUT2D eigenvalue weighted by atomic mass is 32.2. The molecule has 0 radical (unpaired) electrons. The lowest BCUT2D eigenvalue weighted by Gasteiger charge is -2.14. The molecule has 21 heavy (non-hydrogen) atoms. The molecule has 1 unspecified atom stereocenters. The minimum Gasteiger partial charge on any atom is -0.396 e. The van der Waals surface area contributed by atoms with E-state index < -0.39 is 31.3 Å². The van der Waals surface area contributed by atoms with Crippen LogP contribution in [0.3, 0.4) is 0 Å². The molecule has 0 aliphatic heterocycles. The van der Waals surface area contributed by atoms with Crippen LogP contribution >= 0.6 is 0 Å². The van der Waals surface area contributed by atoms with Crippen molar-refractivity contribution in [2.24, 2.45) is 5.92 Å². The third-order valence-corrected chi connectivity index (χ3v) is 4.55. The van der Waals surface area contributed by atoms with Crippen LogP contribution < -0.4 is 4.72 Å². The first-order valence-corrected chi connectivity index (χ1v) is 7.84. The summed E-state index contributed by atoms with van der Waals surface area (Å²) in [5, 5.41) is 19.3. The summed E-state index contributed by atoms with van der Waals surface area (Å²) in [4.78, 5) is 9.05. The Hall–Kier alpha value is -1.58. The molecule has 1 rings (SSSR count). The Morgan fingerprint density at radius 3 is 2.62 bits per heavy atom. The van der Waals surface area contributed by atoms with Gasteiger partial charge in [-0.3, -0.25) is 10.1 Å². The fraction of sp³-hybridized carbons (Fsp3) is 0.500. The van der Waals surface area contributed by atoms with Crippen LogP contribution in [0, 0.1) is 21.8 Å². The quantitative estimate of drug-likeness (QED) is 0.556. The van der Waals surface area contributed by atoms with Gasteiger partial charge in [0.25, 0.3) is 5.69 Å². The number of aliphatic hydroxyl groups is 1. The standard InChI is InChI=1S/C12H17FN2O5S/c1-2-9(5-6-16)8-14-21(19,20)12-4-3-10(15(17)18)7-11(12)13/h3-4,7,9,14,16H,2,5-6,8H2,1H3. The van der Waals surface area contributed by atoms with Crippen molar-refractivity contribution < 1.29 is 22.8 Å². The van der Waals surface area contributed by atoms with Crippen molar-refractivity contribution in [1.82, 2.24) is 4.72 Å². The van der Waals surface area contributed by atoms with E-state index in [-0.39, 0.29) is 19.1 Å². The summed E-state index contributed by atoms with van der Waals surface area (Å²) in [5.74, 6) is -1.24. The molecule has 0 bridgehead atoms. The van der Waals surface area contributed by atoms with Crippen LogP contribution in [0.5, 0.6) is 0 Å². The van der Waals surface area contributed by atoms with Gasteiger partial charge in [-0.25, -0.2) is 17.5 Å². The Morgan fingerprint density at radius 2 is 2.14 bits per heavy atom. The van der Waals surface area contributed by atoms with Gasteiger partial charge in [0.05, 0.1) is 11.0 Å². The fourth-order valence-corrected chi connectivity index (χ4v) is 2.93. The van der Waals surface area contributed by atoms with Gasteiger partial charge >= 0.3 is 0 Å². The Kier molecular flexibility index (Phi) is 6.19. The molecule has 7 nitrogen and oxygen atoms in total. The number of nitro benzene ring substituents is 1. The van der Waals surface area contributed by atoms with Gasteiger partial charge in [-0.1, -0.05) is 13.3 Å². The smallest absolute Gasteiger partial charge is 0.272 e. The molecular weight excluding hydrogens is 303 g/mol. The van der Waals surface area contributed by atoms with E-state index in [0.29, 0.717) is 18.9 Å². The highest BCUT2D eigenvalue weighted by Crippen LogP contribution is 2.20. The summed E-state index contributed by atoms with van der Waals surface area (Å²) in [6, 6.07) is 2.37. The van der Waals surface area contributed by atoms with Crippen molar-refractivity contribution >= 4 is 15.7 Å². The predicted octanol–water partition coefficient (Wildman–Crippen LogP) is 1.42. The maximum Gasteiger partial charge on any atom is 0.272 e. The van der Waals surface area contributed by atoms with E-state index in [4.69, 9.17) is 5.11 Å². The highest BCUT2D eigenvalue weighted by molar-refractivity contribution is 7.89. The molecular formula is C12H17FN2O5S. The van der Waals surface area contributed by atoms with Gasteiger partial charge in [0.1, 0.15) is 10.7 Å². The van der Waals surface area contributed by atoms with Gasteiger partial charge in [0.15, 0.2) is 0 Å². The number of non-ortho nitro benzene ring substituents is 1. The number of sulfonamides is 1. The number of hydrogen-bond donors (Lipinski definition) is 2. The van der Waals surface area contributed by atoms with Crippen molar-refractivity contribution in [2.45, 2.75) is 24.7 Å². The Bertz CT molecular complexity index is 606. The Labute approximate surface area is 122 Å². The van der Waals surface area contributed by atoms with E-state index in [9.17, 15) is 22.9 Å². The third kappa shape index (κ3) is 4.73. The summed E-state index contributed by atoms with van der Waals surface area (Å²) < 4.78 is 39.9. The molecule has 118 valence electrons. The number of nitrogens with zero attached hydrogens (tertiary/aromatic N) is 1. The summed E-state index contributed by atoms with van der Waals surface area (Å²) in [6.45, 7) is 1.85. The molecule has 2 N–H and O–H groups in total. The lowest BCUT2D eigenvalue weighted by atomic mass is 10.0. The first kappa shape index (κ1) is 17.5. The van der Waals surface area contributed by atoms with Crippen LogP contribution in [0.2, 0.25) is 0 Å². The Morgan fingerprint density at radius 1 is 1.48 bits per heavy atom. The van der Waals surface area contributed by atoms with Gasteiger partial charge in [0.2, 0.25) is 10.0 Å². The second kappa shape index (κ2) is 7.43. The van der Waals surface area contributed by atoms with Crippen molar-refractivity contribution in [3.63, 3.8) is 0 Å². The lowest BCUT2D eigenvalue weighted by Crippen LogP contribution is -2.30. The molecule has 0 aliphatic rings. The molecule has 1 aromatic rings. The zero-order valence-corrected chi connectivity index (χ0v) is 12.3. The van der Waals surface area contributed by atoms with E-state index in [1.807, 2.05) is 6.92 Å². The minimum atomic E-state index is -4.09. The van der Waals surface area contributed by atoms with Crippen LogP contribution in [0.25, 0.3) is 0 Å². The number of aliphatic hydroxyl groups excluding tert-OH is 1. The van der Waals surface area contributed by atoms with Gasteiger partial charge in [0, 0.05) is 19.2 Å². The zero-order chi connectivity index (χ0) is 16.0. The largest absolute Gasteiger partial charge is 0.396 e. The monoisotopic (exact) mass is 320 g/mol. The average molecular weight is 320 g/mol. The van der Waals surface area contributed by atoms with Crippen molar-refractivity contribution in [3.8, 4) is 0 Å². The summed E-state index contributed by atoms with van der Waals surface area (Å²) in [5.41, 5.74) is -0.516. The molecule has 0 saturated carbocycles. The number of nitrogens with one attached hydrogen (secondary N) is 1. The second-order valence-electron chi connectivity index (χ2n) is 4.51. The average Bonchev–Trinajstić information content (AvgIpc) is 2.42. The minimum absolute atomic E-state index is 0.0634. The second-order valence-corrected chi connectivity index (χ2v) is 6.25. The summed E-state index contributed by atoms with van der Waals surface area (Å²) >= 11 is 0. The molecule has 0 aliphatic carbocycles. The first-order valence-electron chi connectivity index (χ1n) is 6.36. The molecule has 0 fully saturated rings. The topological polar surface area (TPSA) is 110 Å². The van der Waals surface area contributed by atoms with Gasteiger partial charge < -0.3 is 5.11 Å². The summed E-state index contributed by atoms with van der Waals surface area (Å²) in [7, 11) is -4.09.